The van der Waals surface area contributed by atoms with Gasteiger partial charge in [-0.3, -0.25) is 0 Å². The van der Waals surface area contributed by atoms with Gasteiger partial charge in [-0.1, -0.05) is 19.1 Å². The number of rotatable bonds is 3. The molecule has 1 aromatic rings. The molecule has 24 heavy (non-hydrogen) atoms. The molecule has 5 nitrogen and oxygen atoms in total. The van der Waals surface area contributed by atoms with Gasteiger partial charge in [0.1, 0.15) is 5.60 Å². The fourth-order valence-corrected chi connectivity index (χ4v) is 3.28. The second-order valence-electron chi connectivity index (χ2n) is 7.16. The van der Waals surface area contributed by atoms with E-state index < -0.39 is 5.60 Å². The number of benzene rings is 1. The number of hydrogen-bond acceptors (Lipinski definition) is 4. The maximum absolute atomic E-state index is 12.4. The lowest BCUT2D eigenvalue weighted by Gasteiger charge is -2.30. The smallest absolute Gasteiger partial charge is 0.410 e. The Bertz CT molecular complexity index is 588. The Hall–Kier alpha value is -2.04. The second-order valence-corrected chi connectivity index (χ2v) is 7.16. The summed E-state index contributed by atoms with van der Waals surface area (Å²) >= 11 is 0. The molecule has 5 heteroatoms. The molecule has 1 aliphatic heterocycles. The van der Waals surface area contributed by atoms with E-state index in [1.165, 1.54) is 7.11 Å². The van der Waals surface area contributed by atoms with E-state index in [1.54, 1.807) is 12.1 Å². The van der Waals surface area contributed by atoms with Crippen molar-refractivity contribution in [3.8, 4) is 0 Å². The topological polar surface area (TPSA) is 55.8 Å². The number of ether oxygens (including phenoxy) is 2. The number of likely N-dealkylation sites (tertiary alicyclic amines) is 1. The van der Waals surface area contributed by atoms with Gasteiger partial charge in [0.15, 0.2) is 0 Å². The Labute approximate surface area is 143 Å². The minimum absolute atomic E-state index is 0.115. The summed E-state index contributed by atoms with van der Waals surface area (Å²) in [6, 6.07) is 7.59. The lowest BCUT2D eigenvalue weighted by atomic mass is 9.90. The fraction of sp³-hybridized carbons (Fsp3) is 0.579. The lowest BCUT2D eigenvalue weighted by molar-refractivity contribution is 0.0216. The minimum atomic E-state index is -0.490. The zero-order valence-corrected chi connectivity index (χ0v) is 15.2. The van der Waals surface area contributed by atoms with Crippen LogP contribution in [-0.2, 0) is 9.47 Å². The summed E-state index contributed by atoms with van der Waals surface area (Å²) in [5.74, 6) is -0.0791. The summed E-state index contributed by atoms with van der Waals surface area (Å²) < 4.78 is 10.3. The quantitative estimate of drug-likeness (QED) is 0.785. The van der Waals surface area contributed by atoms with Gasteiger partial charge in [0.05, 0.1) is 12.7 Å². The van der Waals surface area contributed by atoms with Crippen molar-refractivity contribution in [1.29, 1.82) is 0 Å². The van der Waals surface area contributed by atoms with Crippen LogP contribution in [0.5, 0.6) is 0 Å². The van der Waals surface area contributed by atoms with Crippen molar-refractivity contribution in [3.63, 3.8) is 0 Å². The predicted molar refractivity (Wildman–Crippen MR) is 92.2 cm³/mol. The largest absolute Gasteiger partial charge is 0.465 e. The molecule has 2 unspecified atom stereocenters. The van der Waals surface area contributed by atoms with Crippen molar-refractivity contribution < 1.29 is 19.1 Å². The van der Waals surface area contributed by atoms with E-state index in [4.69, 9.17) is 9.47 Å². The predicted octanol–water partition coefficient (Wildman–Crippen LogP) is 3.98. The molecule has 0 spiro atoms. The van der Waals surface area contributed by atoms with Gasteiger partial charge in [-0.2, -0.15) is 0 Å². The molecule has 2 atom stereocenters. The maximum atomic E-state index is 12.4. The molecule has 1 aromatic carbocycles. The third-order valence-corrected chi connectivity index (χ3v) is 4.35. The number of carbonyl (C=O) groups excluding carboxylic acids is 2. The van der Waals surface area contributed by atoms with Crippen molar-refractivity contribution >= 4 is 12.1 Å². The molecular formula is C19H27NO4. The van der Waals surface area contributed by atoms with Crippen molar-refractivity contribution in [2.24, 2.45) is 0 Å². The Morgan fingerprint density at radius 1 is 1.21 bits per heavy atom. The number of carbonyl (C=O) groups is 2. The van der Waals surface area contributed by atoms with Crippen LogP contribution < -0.4 is 0 Å². The second kappa shape index (κ2) is 7.24. The SMILES string of the molecule is CCC1C(c2ccc(C(=O)OC)cc2)CCN1C(=O)OC(C)(C)C. The fourth-order valence-electron chi connectivity index (χ4n) is 3.28. The van der Waals surface area contributed by atoms with Gasteiger partial charge in [0.25, 0.3) is 0 Å². The number of esters is 1. The van der Waals surface area contributed by atoms with Crippen LogP contribution >= 0.6 is 0 Å². The zero-order valence-electron chi connectivity index (χ0n) is 15.2. The normalized spacial score (nSPS) is 20.8. The van der Waals surface area contributed by atoms with Crippen LogP contribution in [0.3, 0.4) is 0 Å². The number of methoxy groups -OCH3 is 1. The molecule has 0 bridgehead atoms. The van der Waals surface area contributed by atoms with Gasteiger partial charge < -0.3 is 14.4 Å². The van der Waals surface area contributed by atoms with Gasteiger partial charge in [-0.05, 0) is 51.3 Å². The average molecular weight is 333 g/mol. The van der Waals surface area contributed by atoms with E-state index in [0.717, 1.165) is 18.4 Å². The van der Waals surface area contributed by atoms with Gasteiger partial charge >= 0.3 is 12.1 Å². The van der Waals surface area contributed by atoms with E-state index in [-0.39, 0.29) is 24.0 Å². The first-order valence-corrected chi connectivity index (χ1v) is 8.44. The molecule has 1 fully saturated rings. The lowest BCUT2D eigenvalue weighted by Crippen LogP contribution is -2.40. The molecular weight excluding hydrogens is 306 g/mol. The number of nitrogens with zero attached hydrogens (tertiary/aromatic N) is 1. The third-order valence-electron chi connectivity index (χ3n) is 4.35. The Morgan fingerprint density at radius 3 is 2.33 bits per heavy atom. The first kappa shape index (κ1) is 18.3. The van der Waals surface area contributed by atoms with Crippen LogP contribution in [0.4, 0.5) is 4.79 Å². The van der Waals surface area contributed by atoms with Crippen LogP contribution in [-0.4, -0.2) is 42.3 Å². The van der Waals surface area contributed by atoms with Crippen molar-refractivity contribution in [2.75, 3.05) is 13.7 Å². The monoisotopic (exact) mass is 333 g/mol. The molecule has 1 heterocycles. The van der Waals surface area contributed by atoms with E-state index in [0.29, 0.717) is 12.1 Å². The average Bonchev–Trinajstić information content (AvgIpc) is 2.96. The molecule has 1 aliphatic rings. The molecule has 2 rings (SSSR count). The van der Waals surface area contributed by atoms with E-state index in [9.17, 15) is 9.59 Å². The number of hydrogen-bond donors (Lipinski definition) is 0. The minimum Gasteiger partial charge on any atom is -0.465 e. The van der Waals surface area contributed by atoms with Crippen molar-refractivity contribution in [1.82, 2.24) is 4.90 Å². The Morgan fingerprint density at radius 2 is 1.83 bits per heavy atom. The highest BCUT2D eigenvalue weighted by atomic mass is 16.6. The molecule has 1 amide bonds. The third kappa shape index (κ3) is 4.08. The van der Waals surface area contributed by atoms with Crippen LogP contribution in [0.1, 0.15) is 62.4 Å². The Kier molecular flexibility index (Phi) is 5.52. The van der Waals surface area contributed by atoms with Crippen molar-refractivity contribution in [2.45, 2.75) is 58.1 Å². The first-order valence-electron chi connectivity index (χ1n) is 8.44. The van der Waals surface area contributed by atoms with Crippen LogP contribution in [0.15, 0.2) is 24.3 Å². The van der Waals surface area contributed by atoms with E-state index in [2.05, 4.69) is 6.92 Å². The highest BCUT2D eigenvalue weighted by Gasteiger charge is 2.38. The summed E-state index contributed by atoms with van der Waals surface area (Å²) in [4.78, 5) is 25.8. The van der Waals surface area contributed by atoms with Crippen LogP contribution in [0, 0.1) is 0 Å². The molecule has 0 saturated carbocycles. The zero-order chi connectivity index (χ0) is 17.9. The highest BCUT2D eigenvalue weighted by Crippen LogP contribution is 2.36. The summed E-state index contributed by atoms with van der Waals surface area (Å²) in [7, 11) is 1.37. The highest BCUT2D eigenvalue weighted by molar-refractivity contribution is 5.89. The van der Waals surface area contributed by atoms with Crippen LogP contribution in [0.2, 0.25) is 0 Å². The van der Waals surface area contributed by atoms with Gasteiger partial charge in [-0.25, -0.2) is 9.59 Å². The van der Waals surface area contributed by atoms with Gasteiger partial charge in [0.2, 0.25) is 0 Å². The summed E-state index contributed by atoms with van der Waals surface area (Å²) in [5.41, 5.74) is 1.19. The molecule has 0 radical (unpaired) electrons. The standard InChI is InChI=1S/C19H27NO4/c1-6-16-15(11-12-20(16)18(22)24-19(2,3)4)13-7-9-14(10-8-13)17(21)23-5/h7-10,15-16H,6,11-12H2,1-5H3. The van der Waals surface area contributed by atoms with Crippen molar-refractivity contribution in [3.05, 3.63) is 35.4 Å². The van der Waals surface area contributed by atoms with Crippen LogP contribution in [0.25, 0.3) is 0 Å². The van der Waals surface area contributed by atoms with Gasteiger partial charge in [-0.15, -0.1) is 0 Å². The summed E-state index contributed by atoms with van der Waals surface area (Å²) in [6.45, 7) is 8.42. The molecule has 0 N–H and O–H groups in total. The van der Waals surface area contributed by atoms with E-state index in [1.807, 2.05) is 37.8 Å². The molecule has 132 valence electrons. The molecule has 0 aliphatic carbocycles. The number of amides is 1. The first-order chi connectivity index (χ1) is 11.3. The van der Waals surface area contributed by atoms with E-state index >= 15 is 0 Å². The maximum Gasteiger partial charge on any atom is 0.410 e. The molecule has 1 saturated heterocycles. The summed E-state index contributed by atoms with van der Waals surface area (Å²) in [5, 5.41) is 0. The summed E-state index contributed by atoms with van der Waals surface area (Å²) in [6.07, 6.45) is 1.51. The van der Waals surface area contributed by atoms with Gasteiger partial charge in [0, 0.05) is 18.5 Å². The molecule has 0 aromatic heterocycles. The Balaban J connectivity index is 2.14.